The average molecular weight is 242 g/mol. The number of aromatic amines is 1. The molecule has 0 amide bonds. The zero-order valence-electron chi connectivity index (χ0n) is 10.4. The summed E-state index contributed by atoms with van der Waals surface area (Å²) in [6, 6.07) is 8.25. The lowest BCUT2D eigenvalue weighted by Gasteiger charge is -2.22. The molecule has 2 aliphatic heterocycles. The minimum atomic E-state index is 0.499. The Morgan fingerprint density at radius 2 is 2.17 bits per heavy atom. The molecule has 4 nitrogen and oxygen atoms in total. The van der Waals surface area contributed by atoms with E-state index >= 15 is 0 Å². The van der Waals surface area contributed by atoms with Crippen LogP contribution in [0.4, 0.5) is 5.95 Å². The first-order chi connectivity index (χ1) is 8.85. The largest absolute Gasteiger partial charge is 0.342 e. The average Bonchev–Trinajstić information content (AvgIpc) is 3.10. The van der Waals surface area contributed by atoms with Crippen LogP contribution in [-0.2, 0) is 0 Å². The normalized spacial score (nSPS) is 27.7. The zero-order chi connectivity index (χ0) is 12.0. The number of fused-ring (bicyclic) bond motifs is 1. The molecule has 1 atom stereocenters. The first-order valence-corrected chi connectivity index (χ1v) is 6.75. The maximum absolute atomic E-state index is 4.70. The zero-order valence-corrected chi connectivity index (χ0v) is 10.4. The Hall–Kier alpha value is -1.55. The molecule has 1 unspecified atom stereocenters. The number of aromatic nitrogens is 2. The minimum Gasteiger partial charge on any atom is -0.342 e. The van der Waals surface area contributed by atoms with Crippen molar-refractivity contribution >= 4 is 17.0 Å². The molecule has 0 aliphatic carbocycles. The molecule has 0 bridgehead atoms. The lowest BCUT2D eigenvalue weighted by Crippen LogP contribution is -2.29. The summed E-state index contributed by atoms with van der Waals surface area (Å²) < 4.78 is 0. The van der Waals surface area contributed by atoms with Gasteiger partial charge in [0, 0.05) is 25.0 Å². The van der Waals surface area contributed by atoms with E-state index < -0.39 is 0 Å². The number of rotatable bonds is 1. The standard InChI is InChI=1S/C14H18N4/c1-2-4-12-11(3-1)16-13(17-12)18-8-6-14(10-18)5-7-15-9-14/h1-4,15H,5-10H2,(H,16,17). The summed E-state index contributed by atoms with van der Waals surface area (Å²) in [5.74, 6) is 1.04. The van der Waals surface area contributed by atoms with Gasteiger partial charge in [0.15, 0.2) is 0 Å². The second-order valence-corrected chi connectivity index (χ2v) is 5.68. The third-order valence-corrected chi connectivity index (χ3v) is 4.45. The van der Waals surface area contributed by atoms with Crippen LogP contribution in [0.3, 0.4) is 0 Å². The fourth-order valence-corrected chi connectivity index (χ4v) is 3.35. The Balaban J connectivity index is 1.64. The monoisotopic (exact) mass is 242 g/mol. The topological polar surface area (TPSA) is 44.0 Å². The highest BCUT2D eigenvalue weighted by atomic mass is 15.3. The molecule has 1 spiro atoms. The van der Waals surface area contributed by atoms with Gasteiger partial charge in [0.1, 0.15) is 0 Å². The van der Waals surface area contributed by atoms with Gasteiger partial charge < -0.3 is 15.2 Å². The summed E-state index contributed by atoms with van der Waals surface area (Å²) in [5.41, 5.74) is 2.70. The van der Waals surface area contributed by atoms with Crippen molar-refractivity contribution in [2.75, 3.05) is 31.1 Å². The van der Waals surface area contributed by atoms with Gasteiger partial charge in [-0.1, -0.05) is 12.1 Å². The van der Waals surface area contributed by atoms with Gasteiger partial charge in [0.25, 0.3) is 0 Å². The second kappa shape index (κ2) is 3.72. The molecular weight excluding hydrogens is 224 g/mol. The Bertz CT molecular complexity index is 535. The number of hydrogen-bond acceptors (Lipinski definition) is 3. The first-order valence-electron chi connectivity index (χ1n) is 6.75. The van der Waals surface area contributed by atoms with Crippen molar-refractivity contribution in [2.24, 2.45) is 5.41 Å². The summed E-state index contributed by atoms with van der Waals surface area (Å²) in [4.78, 5) is 10.5. The van der Waals surface area contributed by atoms with E-state index in [0.717, 1.165) is 30.1 Å². The predicted octanol–water partition coefficient (Wildman–Crippen LogP) is 1.75. The Morgan fingerprint density at radius 1 is 1.22 bits per heavy atom. The van der Waals surface area contributed by atoms with Gasteiger partial charge in [-0.05, 0) is 31.5 Å². The molecule has 1 aromatic carbocycles. The van der Waals surface area contributed by atoms with E-state index in [2.05, 4.69) is 33.4 Å². The van der Waals surface area contributed by atoms with Crippen LogP contribution in [0.1, 0.15) is 12.8 Å². The number of para-hydroxylation sites is 2. The van der Waals surface area contributed by atoms with Crippen LogP contribution in [0.2, 0.25) is 0 Å². The Morgan fingerprint density at radius 3 is 3.00 bits per heavy atom. The van der Waals surface area contributed by atoms with E-state index in [1.165, 1.54) is 25.9 Å². The molecule has 4 heteroatoms. The van der Waals surface area contributed by atoms with Crippen molar-refractivity contribution in [1.82, 2.24) is 15.3 Å². The molecule has 1 aromatic heterocycles. The number of hydrogen-bond donors (Lipinski definition) is 2. The minimum absolute atomic E-state index is 0.499. The number of imidazole rings is 1. The van der Waals surface area contributed by atoms with Crippen molar-refractivity contribution in [3.8, 4) is 0 Å². The van der Waals surface area contributed by atoms with Crippen LogP contribution < -0.4 is 10.2 Å². The highest BCUT2D eigenvalue weighted by Gasteiger charge is 2.41. The molecule has 2 N–H and O–H groups in total. The summed E-state index contributed by atoms with van der Waals surface area (Å²) in [7, 11) is 0. The predicted molar refractivity (Wildman–Crippen MR) is 72.8 cm³/mol. The van der Waals surface area contributed by atoms with Crippen LogP contribution in [0.5, 0.6) is 0 Å². The van der Waals surface area contributed by atoms with Gasteiger partial charge >= 0.3 is 0 Å². The summed E-state index contributed by atoms with van der Waals surface area (Å²) in [5, 5.41) is 3.50. The molecule has 3 heterocycles. The molecule has 0 saturated carbocycles. The van der Waals surface area contributed by atoms with Gasteiger partial charge in [-0.25, -0.2) is 4.98 Å². The smallest absolute Gasteiger partial charge is 0.203 e. The molecule has 0 radical (unpaired) electrons. The first kappa shape index (κ1) is 10.4. The number of benzene rings is 1. The summed E-state index contributed by atoms with van der Waals surface area (Å²) >= 11 is 0. The second-order valence-electron chi connectivity index (χ2n) is 5.68. The van der Waals surface area contributed by atoms with E-state index in [4.69, 9.17) is 4.98 Å². The molecule has 94 valence electrons. The molecule has 2 aliphatic rings. The van der Waals surface area contributed by atoms with Crippen LogP contribution in [0, 0.1) is 5.41 Å². The highest BCUT2D eigenvalue weighted by Crippen LogP contribution is 2.37. The molecule has 4 rings (SSSR count). The maximum atomic E-state index is 4.70. The van der Waals surface area contributed by atoms with Crippen molar-refractivity contribution in [1.29, 1.82) is 0 Å². The molecular formula is C14H18N4. The number of anilines is 1. The van der Waals surface area contributed by atoms with E-state index in [9.17, 15) is 0 Å². The molecule has 2 saturated heterocycles. The Kier molecular flexibility index (Phi) is 2.14. The quantitative estimate of drug-likeness (QED) is 0.800. The van der Waals surface area contributed by atoms with Crippen LogP contribution in [0.15, 0.2) is 24.3 Å². The van der Waals surface area contributed by atoms with Gasteiger partial charge in [0.05, 0.1) is 11.0 Å². The molecule has 18 heavy (non-hydrogen) atoms. The maximum Gasteiger partial charge on any atom is 0.203 e. The fourth-order valence-electron chi connectivity index (χ4n) is 3.35. The summed E-state index contributed by atoms with van der Waals surface area (Å²) in [6.45, 7) is 4.61. The fraction of sp³-hybridized carbons (Fsp3) is 0.500. The number of H-pyrrole nitrogens is 1. The number of nitrogens with one attached hydrogen (secondary N) is 2. The van der Waals surface area contributed by atoms with E-state index in [1.54, 1.807) is 0 Å². The third kappa shape index (κ3) is 1.52. The van der Waals surface area contributed by atoms with Crippen LogP contribution >= 0.6 is 0 Å². The van der Waals surface area contributed by atoms with Crippen molar-refractivity contribution < 1.29 is 0 Å². The van der Waals surface area contributed by atoms with Crippen LogP contribution in [0.25, 0.3) is 11.0 Å². The van der Waals surface area contributed by atoms with Crippen molar-refractivity contribution in [3.05, 3.63) is 24.3 Å². The van der Waals surface area contributed by atoms with Crippen molar-refractivity contribution in [2.45, 2.75) is 12.8 Å². The SMILES string of the molecule is c1ccc2[nH]c(N3CCC4(CCNC4)C3)nc2c1. The summed E-state index contributed by atoms with van der Waals surface area (Å²) in [6.07, 6.45) is 2.60. The van der Waals surface area contributed by atoms with Gasteiger partial charge in [-0.3, -0.25) is 0 Å². The van der Waals surface area contributed by atoms with E-state index in [1.807, 2.05) is 6.07 Å². The van der Waals surface area contributed by atoms with Crippen molar-refractivity contribution in [3.63, 3.8) is 0 Å². The van der Waals surface area contributed by atoms with Gasteiger partial charge in [-0.2, -0.15) is 0 Å². The molecule has 2 aromatic rings. The Labute approximate surface area is 106 Å². The van der Waals surface area contributed by atoms with E-state index in [-0.39, 0.29) is 0 Å². The van der Waals surface area contributed by atoms with E-state index in [0.29, 0.717) is 5.41 Å². The lowest BCUT2D eigenvalue weighted by atomic mass is 9.87. The number of nitrogens with zero attached hydrogens (tertiary/aromatic N) is 2. The van der Waals surface area contributed by atoms with Gasteiger partial charge in [-0.15, -0.1) is 0 Å². The third-order valence-electron chi connectivity index (χ3n) is 4.45. The van der Waals surface area contributed by atoms with Gasteiger partial charge in [0.2, 0.25) is 5.95 Å². The molecule has 2 fully saturated rings. The highest BCUT2D eigenvalue weighted by molar-refractivity contribution is 5.77. The lowest BCUT2D eigenvalue weighted by molar-refractivity contribution is 0.369. The van der Waals surface area contributed by atoms with Crippen LogP contribution in [-0.4, -0.2) is 36.1 Å².